The molecule has 43 heavy (non-hydrogen) atoms. The van der Waals surface area contributed by atoms with Crippen LogP contribution in [0.15, 0.2) is 56.7 Å². The molecule has 2 aliphatic heterocycles. The number of aliphatic hydroxyl groups is 1. The van der Waals surface area contributed by atoms with Gasteiger partial charge in [0.25, 0.3) is 0 Å². The van der Waals surface area contributed by atoms with Crippen LogP contribution in [0.5, 0.6) is 11.5 Å². The number of nitrogens with zero attached hydrogens (tertiary/aromatic N) is 2. The maximum atomic E-state index is 13.5. The molecular formula is C27H36BrN3O10S2. The normalized spacial score (nSPS) is 19.7. The first-order chi connectivity index (χ1) is 20.3. The summed E-state index contributed by atoms with van der Waals surface area (Å²) in [5.74, 6) is 0.475. The molecule has 16 heteroatoms. The van der Waals surface area contributed by atoms with Crippen molar-refractivity contribution in [1.82, 2.24) is 13.9 Å². The Labute approximate surface area is 260 Å². The van der Waals surface area contributed by atoms with Crippen LogP contribution >= 0.6 is 15.9 Å². The number of hydrogen-bond donors (Lipinski definition) is 3. The van der Waals surface area contributed by atoms with Crippen molar-refractivity contribution in [1.29, 1.82) is 0 Å². The van der Waals surface area contributed by atoms with Gasteiger partial charge in [-0.1, -0.05) is 22.0 Å². The molecule has 1 spiro atoms. The number of aliphatic hydroxyl groups excluding tert-OH is 1. The number of piperidine rings is 1. The highest BCUT2D eigenvalue weighted by atomic mass is 79.9. The minimum atomic E-state index is -3.84. The molecule has 0 saturated carbocycles. The molecule has 3 N–H and O–H groups in total. The van der Waals surface area contributed by atoms with Crippen LogP contribution < -0.4 is 14.2 Å². The van der Waals surface area contributed by atoms with E-state index in [0.29, 0.717) is 30.3 Å². The molecule has 2 unspecified atom stereocenters. The Hall–Kier alpha value is -2.47. The second kappa shape index (κ2) is 13.7. The van der Waals surface area contributed by atoms with E-state index >= 15 is 0 Å². The predicted octanol–water partition coefficient (Wildman–Crippen LogP) is 2.49. The topological polar surface area (TPSA) is 172 Å². The van der Waals surface area contributed by atoms with E-state index in [0.717, 1.165) is 4.90 Å². The Balaban J connectivity index is 1.35. The van der Waals surface area contributed by atoms with Gasteiger partial charge in [0.15, 0.2) is 0 Å². The molecule has 0 bridgehead atoms. The van der Waals surface area contributed by atoms with Crippen LogP contribution in [-0.4, -0.2) is 107 Å². The van der Waals surface area contributed by atoms with Crippen molar-refractivity contribution >= 4 is 42.1 Å². The first-order valence-corrected chi connectivity index (χ1v) is 17.4. The molecule has 2 atom stereocenters. The van der Waals surface area contributed by atoms with Gasteiger partial charge in [-0.05, 0) is 63.6 Å². The SMILES string of the molecule is CCOc1cc(Br)ccc1S(=O)(=O)N1CCC2(CC1)CC(N(CC(O)COc1cccc(S(=O)(=O)NC)c1)C(=O)O)CO2. The van der Waals surface area contributed by atoms with Gasteiger partial charge >= 0.3 is 6.09 Å². The third-order valence-electron chi connectivity index (χ3n) is 7.57. The first-order valence-electron chi connectivity index (χ1n) is 13.7. The number of sulfonamides is 2. The van der Waals surface area contributed by atoms with Crippen molar-refractivity contribution in [2.45, 2.75) is 53.7 Å². The van der Waals surface area contributed by atoms with E-state index in [-0.39, 0.29) is 54.1 Å². The molecule has 2 fully saturated rings. The minimum absolute atomic E-state index is 0.00650. The Bertz CT molecular complexity index is 1510. The Morgan fingerprint density at radius 1 is 1.19 bits per heavy atom. The highest BCUT2D eigenvalue weighted by Crippen LogP contribution is 2.40. The third-order valence-corrected chi connectivity index (χ3v) is 11.4. The fraction of sp³-hybridized carbons (Fsp3) is 0.519. The Kier molecular flexibility index (Phi) is 10.6. The molecule has 4 rings (SSSR count). The van der Waals surface area contributed by atoms with E-state index in [1.54, 1.807) is 19.1 Å². The number of nitrogens with one attached hydrogen (secondary N) is 1. The molecule has 13 nitrogen and oxygen atoms in total. The summed E-state index contributed by atoms with van der Waals surface area (Å²) < 4.78 is 72.5. The maximum Gasteiger partial charge on any atom is 0.407 e. The summed E-state index contributed by atoms with van der Waals surface area (Å²) in [5, 5.41) is 20.5. The van der Waals surface area contributed by atoms with Crippen LogP contribution in [0.2, 0.25) is 0 Å². The fourth-order valence-electron chi connectivity index (χ4n) is 5.31. The smallest absolute Gasteiger partial charge is 0.407 e. The number of carbonyl (C=O) groups is 1. The van der Waals surface area contributed by atoms with Gasteiger partial charge < -0.3 is 29.3 Å². The lowest BCUT2D eigenvalue weighted by molar-refractivity contribution is -0.0319. The number of halogens is 1. The van der Waals surface area contributed by atoms with Gasteiger partial charge in [-0.2, -0.15) is 4.31 Å². The van der Waals surface area contributed by atoms with Gasteiger partial charge in [0.2, 0.25) is 20.0 Å². The number of carboxylic acid groups (broad SMARTS) is 1. The summed E-state index contributed by atoms with van der Waals surface area (Å²) in [6.07, 6.45) is -1.31. The third kappa shape index (κ3) is 7.79. The zero-order chi connectivity index (χ0) is 31.4. The molecule has 2 aromatic carbocycles. The number of hydrogen-bond acceptors (Lipinski definition) is 9. The monoisotopic (exact) mass is 705 g/mol. The molecule has 0 aromatic heterocycles. The number of rotatable bonds is 12. The summed E-state index contributed by atoms with van der Waals surface area (Å²) >= 11 is 3.35. The average Bonchev–Trinajstić information content (AvgIpc) is 3.37. The van der Waals surface area contributed by atoms with Crippen molar-refractivity contribution in [3.05, 3.63) is 46.9 Å². The highest BCUT2D eigenvalue weighted by Gasteiger charge is 2.47. The van der Waals surface area contributed by atoms with E-state index in [1.165, 1.54) is 41.7 Å². The van der Waals surface area contributed by atoms with Gasteiger partial charge in [0, 0.05) is 23.6 Å². The second-order valence-electron chi connectivity index (χ2n) is 10.4. The molecule has 2 aromatic rings. The summed E-state index contributed by atoms with van der Waals surface area (Å²) in [6, 6.07) is 9.98. The average molecular weight is 707 g/mol. The van der Waals surface area contributed by atoms with Gasteiger partial charge in [0.05, 0.1) is 36.3 Å². The molecule has 2 saturated heterocycles. The van der Waals surface area contributed by atoms with Gasteiger partial charge in [-0.25, -0.2) is 26.4 Å². The molecule has 0 aliphatic carbocycles. The van der Waals surface area contributed by atoms with Crippen molar-refractivity contribution in [3.63, 3.8) is 0 Å². The second-order valence-corrected chi connectivity index (χ2v) is 15.1. The van der Waals surface area contributed by atoms with Crippen LogP contribution in [0.4, 0.5) is 4.79 Å². The van der Waals surface area contributed by atoms with Crippen molar-refractivity contribution in [3.8, 4) is 11.5 Å². The van der Waals surface area contributed by atoms with Crippen molar-refractivity contribution in [2.24, 2.45) is 0 Å². The zero-order valence-corrected chi connectivity index (χ0v) is 27.0. The lowest BCUT2D eigenvalue weighted by Gasteiger charge is -2.38. The Morgan fingerprint density at radius 3 is 2.56 bits per heavy atom. The van der Waals surface area contributed by atoms with Gasteiger partial charge in [0.1, 0.15) is 29.1 Å². The van der Waals surface area contributed by atoms with E-state index in [2.05, 4.69) is 20.7 Å². The lowest BCUT2D eigenvalue weighted by atomic mass is 9.88. The van der Waals surface area contributed by atoms with Crippen molar-refractivity contribution < 1.29 is 46.1 Å². The maximum absolute atomic E-state index is 13.5. The van der Waals surface area contributed by atoms with Crippen LogP contribution in [0.1, 0.15) is 26.2 Å². The predicted molar refractivity (Wildman–Crippen MR) is 159 cm³/mol. The van der Waals surface area contributed by atoms with E-state index in [1.807, 2.05) is 0 Å². The number of amides is 1. The molecular weight excluding hydrogens is 670 g/mol. The van der Waals surface area contributed by atoms with E-state index in [4.69, 9.17) is 14.2 Å². The first kappa shape index (κ1) is 33.4. The summed E-state index contributed by atoms with van der Waals surface area (Å²) in [7, 11) is -6.23. The fourth-order valence-corrected chi connectivity index (χ4v) is 7.97. The standard InChI is InChI=1S/C27H36BrN3O10S2/c1-3-39-24-13-19(28)7-8-25(24)43(37,38)30-11-9-27(10-12-30)15-20(17-41-27)31(26(33)34)16-21(32)18-40-22-5-4-6-23(14-22)42(35,36)29-2/h4-8,13-14,20-21,29,32H,3,9-12,15-18H2,1-2H3,(H,33,34). The highest BCUT2D eigenvalue weighted by molar-refractivity contribution is 9.10. The van der Waals surface area contributed by atoms with E-state index < -0.39 is 43.9 Å². The minimum Gasteiger partial charge on any atom is -0.492 e. The summed E-state index contributed by atoms with van der Waals surface area (Å²) in [5.41, 5.74) is -0.687. The van der Waals surface area contributed by atoms with E-state index in [9.17, 15) is 31.8 Å². The van der Waals surface area contributed by atoms with Crippen LogP contribution in [0.3, 0.4) is 0 Å². The van der Waals surface area contributed by atoms with Crippen molar-refractivity contribution in [2.75, 3.05) is 46.5 Å². The van der Waals surface area contributed by atoms with Crippen LogP contribution in [-0.2, 0) is 24.8 Å². The van der Waals surface area contributed by atoms with Crippen LogP contribution in [0, 0.1) is 0 Å². The number of benzene rings is 2. The zero-order valence-electron chi connectivity index (χ0n) is 23.8. The molecule has 2 aliphatic rings. The lowest BCUT2D eigenvalue weighted by Crippen LogP contribution is -2.48. The van der Waals surface area contributed by atoms with Gasteiger partial charge in [-0.3, -0.25) is 0 Å². The quantitative estimate of drug-likeness (QED) is 0.298. The number of ether oxygens (including phenoxy) is 3. The molecule has 238 valence electrons. The molecule has 2 heterocycles. The van der Waals surface area contributed by atoms with Crippen LogP contribution in [0.25, 0.3) is 0 Å². The molecule has 1 amide bonds. The summed E-state index contributed by atoms with van der Waals surface area (Å²) in [4.78, 5) is 13.3. The largest absolute Gasteiger partial charge is 0.492 e. The summed E-state index contributed by atoms with van der Waals surface area (Å²) in [6.45, 7) is 2.08. The van der Waals surface area contributed by atoms with Gasteiger partial charge in [-0.15, -0.1) is 0 Å². The molecule has 0 radical (unpaired) electrons. The Morgan fingerprint density at radius 2 is 1.91 bits per heavy atom.